The third kappa shape index (κ3) is 3.11. The first kappa shape index (κ1) is 20.0. The Labute approximate surface area is 168 Å². The lowest BCUT2D eigenvalue weighted by atomic mass is 10.1. The molecule has 30 heavy (non-hydrogen) atoms. The molecule has 0 aliphatic carbocycles. The van der Waals surface area contributed by atoms with E-state index >= 15 is 0 Å². The van der Waals surface area contributed by atoms with E-state index in [1.807, 2.05) is 0 Å². The van der Waals surface area contributed by atoms with Crippen molar-refractivity contribution in [2.75, 3.05) is 19.5 Å². The fraction of sp³-hybridized carbons (Fsp3) is 0.333. The number of nitrogens with one attached hydrogen (secondary N) is 1. The maximum absolute atomic E-state index is 12.8. The Morgan fingerprint density at radius 1 is 1.20 bits per heavy atom. The van der Waals surface area contributed by atoms with Gasteiger partial charge in [-0.1, -0.05) is 0 Å². The Morgan fingerprint density at radius 2 is 1.90 bits per heavy atom. The number of aliphatic hydroxyl groups is 3. The van der Waals surface area contributed by atoms with Crippen LogP contribution < -0.4 is 21.6 Å². The van der Waals surface area contributed by atoms with E-state index in [0.29, 0.717) is 11.3 Å². The summed E-state index contributed by atoms with van der Waals surface area (Å²) >= 11 is 0. The monoisotopic (exact) mass is 417 g/mol. The molecule has 12 nitrogen and oxygen atoms in total. The highest BCUT2D eigenvalue weighted by molar-refractivity contribution is 5.79. The smallest absolute Gasteiger partial charge is 0.301 e. The fourth-order valence-corrected chi connectivity index (χ4v) is 3.45. The number of ether oxygens (including phenoxy) is 2. The highest BCUT2D eigenvalue weighted by atomic mass is 16.6. The largest absolute Gasteiger partial charge is 0.497 e. The number of nitrogens with two attached hydrogens (primary N) is 1. The van der Waals surface area contributed by atoms with Gasteiger partial charge in [0.2, 0.25) is 5.95 Å². The summed E-state index contributed by atoms with van der Waals surface area (Å²) in [6, 6.07) is 6.57. The minimum Gasteiger partial charge on any atom is -0.497 e. The molecule has 1 saturated heterocycles. The zero-order valence-corrected chi connectivity index (χ0v) is 15.7. The summed E-state index contributed by atoms with van der Waals surface area (Å²) in [5.74, 6) is 0.274. The normalized spacial score (nSPS) is 23.7. The van der Waals surface area contributed by atoms with Crippen molar-refractivity contribution in [3.8, 4) is 17.1 Å². The van der Waals surface area contributed by atoms with Crippen LogP contribution >= 0.6 is 0 Å². The first-order valence-electron chi connectivity index (χ1n) is 8.94. The van der Waals surface area contributed by atoms with E-state index in [9.17, 15) is 24.9 Å². The van der Waals surface area contributed by atoms with Gasteiger partial charge in [-0.25, -0.2) is 4.98 Å². The van der Waals surface area contributed by atoms with Gasteiger partial charge in [-0.2, -0.15) is 4.98 Å². The van der Waals surface area contributed by atoms with Gasteiger partial charge >= 0.3 is 5.56 Å². The number of rotatable bonds is 4. The molecule has 0 bridgehead atoms. The number of nitrogen functional groups attached to an aromatic ring is 1. The summed E-state index contributed by atoms with van der Waals surface area (Å²) in [5, 5.41) is 30.1. The molecule has 4 atom stereocenters. The Hall–Kier alpha value is -3.32. The van der Waals surface area contributed by atoms with Crippen molar-refractivity contribution in [3.05, 3.63) is 45.0 Å². The topological polar surface area (TPSA) is 186 Å². The molecule has 3 heterocycles. The summed E-state index contributed by atoms with van der Waals surface area (Å²) < 4.78 is 11.9. The van der Waals surface area contributed by atoms with E-state index in [0.717, 1.165) is 0 Å². The molecular formula is C18H19N5O7. The minimum absolute atomic E-state index is 0.108. The number of methoxy groups -OCH3 is 1. The lowest BCUT2D eigenvalue weighted by molar-refractivity contribution is -0.0501. The van der Waals surface area contributed by atoms with Crippen LogP contribution in [-0.4, -0.2) is 66.9 Å². The molecule has 1 fully saturated rings. The molecular weight excluding hydrogens is 398 g/mol. The van der Waals surface area contributed by atoms with Crippen LogP contribution in [0, 0.1) is 0 Å². The Balaban J connectivity index is 2.04. The number of hydrogen-bond donors (Lipinski definition) is 5. The van der Waals surface area contributed by atoms with Crippen LogP contribution in [0.2, 0.25) is 0 Å². The van der Waals surface area contributed by atoms with Crippen molar-refractivity contribution in [3.63, 3.8) is 0 Å². The van der Waals surface area contributed by atoms with Gasteiger partial charge in [0.1, 0.15) is 35.4 Å². The van der Waals surface area contributed by atoms with E-state index in [2.05, 4.69) is 15.0 Å². The van der Waals surface area contributed by atoms with Crippen molar-refractivity contribution in [2.45, 2.75) is 24.5 Å². The van der Waals surface area contributed by atoms with Gasteiger partial charge in [-0.3, -0.25) is 19.1 Å². The molecule has 0 amide bonds. The van der Waals surface area contributed by atoms with E-state index in [1.54, 1.807) is 24.3 Å². The van der Waals surface area contributed by atoms with Crippen LogP contribution in [0.25, 0.3) is 22.4 Å². The van der Waals surface area contributed by atoms with Crippen LogP contribution in [0.4, 0.5) is 5.95 Å². The molecule has 0 saturated carbocycles. The summed E-state index contributed by atoms with van der Waals surface area (Å²) in [4.78, 5) is 35.4. The van der Waals surface area contributed by atoms with E-state index < -0.39 is 48.2 Å². The minimum atomic E-state index is -1.51. The lowest BCUT2D eigenvalue weighted by Gasteiger charge is -2.19. The molecule has 12 heteroatoms. The lowest BCUT2D eigenvalue weighted by Crippen LogP contribution is -2.33. The standard InChI is InChI=1S/C18H19N5O7/c1-29-8-4-2-7(3-5-8)14-20-10-11(16(28)22-18(19)21-15(10)27)23(14)17-13(26)12(25)9(6-24)30-17/h2-5,9,12-13,17,24-26H,6H2,1H3,(H3,19,21,22,27,28)/t9-,12-,13-,17-/m1/s1. The third-order valence-electron chi connectivity index (χ3n) is 4.91. The number of hydrogen-bond acceptors (Lipinski definition) is 10. The summed E-state index contributed by atoms with van der Waals surface area (Å²) in [6.07, 6.45) is -5.35. The molecule has 158 valence electrons. The number of aliphatic hydroxyl groups excluding tert-OH is 3. The van der Waals surface area contributed by atoms with Crippen LogP contribution in [0.15, 0.2) is 33.9 Å². The zero-order chi connectivity index (χ0) is 21.6. The Kier molecular flexibility index (Phi) is 4.99. The maximum atomic E-state index is 12.8. The highest BCUT2D eigenvalue weighted by Gasteiger charge is 2.45. The van der Waals surface area contributed by atoms with Crippen LogP contribution in [-0.2, 0) is 4.74 Å². The predicted octanol–water partition coefficient (Wildman–Crippen LogP) is -1.65. The molecule has 1 aromatic carbocycles. The van der Waals surface area contributed by atoms with Gasteiger partial charge in [0.25, 0.3) is 5.56 Å². The van der Waals surface area contributed by atoms with Crippen LogP contribution in [0.3, 0.4) is 0 Å². The second-order valence-electron chi connectivity index (χ2n) is 6.72. The number of benzene rings is 1. The zero-order valence-electron chi connectivity index (χ0n) is 15.7. The fourth-order valence-electron chi connectivity index (χ4n) is 3.45. The van der Waals surface area contributed by atoms with Crippen LogP contribution in [0.1, 0.15) is 6.23 Å². The number of fused-ring (bicyclic) bond motifs is 1. The van der Waals surface area contributed by atoms with Gasteiger partial charge in [0.15, 0.2) is 11.7 Å². The van der Waals surface area contributed by atoms with Crippen molar-refractivity contribution in [1.82, 2.24) is 19.5 Å². The van der Waals surface area contributed by atoms with E-state index in [1.165, 1.54) is 11.7 Å². The molecule has 3 aromatic rings. The molecule has 1 aliphatic heterocycles. The highest BCUT2D eigenvalue weighted by Crippen LogP contribution is 2.35. The van der Waals surface area contributed by atoms with Crippen molar-refractivity contribution >= 4 is 17.0 Å². The van der Waals surface area contributed by atoms with Crippen molar-refractivity contribution in [1.29, 1.82) is 0 Å². The predicted molar refractivity (Wildman–Crippen MR) is 104 cm³/mol. The first-order valence-corrected chi connectivity index (χ1v) is 8.94. The Morgan fingerprint density at radius 3 is 2.50 bits per heavy atom. The average Bonchev–Trinajstić information content (AvgIpc) is 3.23. The SMILES string of the molecule is COc1ccc(-c2nc3c(=O)nc(N)[nH]c(=O)c3n2[C@@H]2O[C@H](CO)[C@@H](O)[C@H]2O)cc1. The number of aromatic amines is 1. The molecule has 1 aliphatic rings. The first-order chi connectivity index (χ1) is 14.3. The number of imidazole rings is 1. The van der Waals surface area contributed by atoms with E-state index in [4.69, 9.17) is 15.2 Å². The number of anilines is 1. The van der Waals surface area contributed by atoms with Gasteiger partial charge in [-0.05, 0) is 24.3 Å². The number of nitrogens with zero attached hydrogens (tertiary/aromatic N) is 3. The second kappa shape index (κ2) is 7.50. The maximum Gasteiger partial charge on any atom is 0.301 e. The molecule has 6 N–H and O–H groups in total. The van der Waals surface area contributed by atoms with Gasteiger partial charge in [0.05, 0.1) is 13.7 Å². The summed E-state index contributed by atoms with van der Waals surface area (Å²) in [5.41, 5.74) is 3.81. The van der Waals surface area contributed by atoms with Crippen molar-refractivity contribution < 1.29 is 24.8 Å². The Bertz CT molecular complexity index is 1210. The number of aromatic nitrogens is 4. The van der Waals surface area contributed by atoms with Gasteiger partial charge in [0, 0.05) is 5.56 Å². The third-order valence-corrected chi connectivity index (χ3v) is 4.91. The second-order valence-corrected chi connectivity index (χ2v) is 6.72. The van der Waals surface area contributed by atoms with Gasteiger partial charge < -0.3 is 30.5 Å². The van der Waals surface area contributed by atoms with Crippen molar-refractivity contribution in [2.24, 2.45) is 0 Å². The quantitative estimate of drug-likeness (QED) is 0.329. The summed E-state index contributed by atoms with van der Waals surface area (Å²) in [7, 11) is 1.50. The molecule has 4 rings (SSSR count). The van der Waals surface area contributed by atoms with E-state index in [-0.39, 0.29) is 16.9 Å². The van der Waals surface area contributed by atoms with Gasteiger partial charge in [-0.15, -0.1) is 0 Å². The summed E-state index contributed by atoms with van der Waals surface area (Å²) in [6.45, 7) is -0.565. The molecule has 0 unspecified atom stereocenters. The number of H-pyrrole nitrogens is 1. The molecule has 0 radical (unpaired) electrons. The average molecular weight is 417 g/mol. The molecule has 2 aromatic heterocycles. The molecule has 0 spiro atoms. The van der Waals surface area contributed by atoms with Crippen LogP contribution in [0.5, 0.6) is 5.75 Å².